The van der Waals surface area contributed by atoms with E-state index >= 15 is 0 Å². The van der Waals surface area contributed by atoms with Crippen LogP contribution in [-0.2, 0) is 21.6 Å². The minimum absolute atomic E-state index is 0.123. The topological polar surface area (TPSA) is 43.6 Å². The Morgan fingerprint density at radius 1 is 1.20 bits per heavy atom. The number of hydrogen-bond donors (Lipinski definition) is 0. The highest BCUT2D eigenvalue weighted by atomic mass is 19.1. The number of aromatic nitrogens is 2. The summed E-state index contributed by atoms with van der Waals surface area (Å²) >= 11 is 0. The van der Waals surface area contributed by atoms with Crippen molar-refractivity contribution in [3.63, 3.8) is 0 Å². The molecule has 0 atom stereocenters. The number of carbonyl (C=O) groups excluding carboxylic acids is 1. The van der Waals surface area contributed by atoms with Crippen molar-refractivity contribution >= 4 is 11.6 Å². The highest BCUT2D eigenvalue weighted by Crippen LogP contribution is 2.42. The van der Waals surface area contributed by atoms with Crippen LogP contribution in [0, 0.1) is 5.82 Å². The number of rotatable bonds is 4. The highest BCUT2D eigenvalue weighted by Gasteiger charge is 2.44. The number of fused-ring (bicyclic) bond motifs is 1. The van der Waals surface area contributed by atoms with Gasteiger partial charge in [0.15, 0.2) is 0 Å². The molecule has 25 heavy (non-hydrogen) atoms. The van der Waals surface area contributed by atoms with E-state index in [0.717, 1.165) is 18.5 Å². The summed E-state index contributed by atoms with van der Waals surface area (Å²) in [5.41, 5.74) is 1.49. The molecule has 0 unspecified atom stereocenters. The van der Waals surface area contributed by atoms with Crippen LogP contribution in [0.4, 0.5) is 4.39 Å². The molecule has 1 aromatic carbocycles. The number of hydrogen-bond acceptors (Lipinski definition) is 3. The van der Waals surface area contributed by atoms with Crippen molar-refractivity contribution in [2.24, 2.45) is 0 Å². The molecule has 128 valence electrons. The molecule has 0 saturated heterocycles. The van der Waals surface area contributed by atoms with Crippen LogP contribution in [0.5, 0.6) is 0 Å². The van der Waals surface area contributed by atoms with Crippen molar-refractivity contribution in [3.05, 3.63) is 71.9 Å². The second-order valence-electron chi connectivity index (χ2n) is 6.57. The first kappa shape index (κ1) is 15.8. The third-order valence-corrected chi connectivity index (χ3v) is 4.99. The van der Waals surface area contributed by atoms with E-state index in [2.05, 4.69) is 4.98 Å². The summed E-state index contributed by atoms with van der Waals surface area (Å²) in [6.45, 7) is 0.123. The first-order chi connectivity index (χ1) is 12.2. The Bertz CT molecular complexity index is 880. The van der Waals surface area contributed by atoms with Gasteiger partial charge in [-0.2, -0.15) is 0 Å². The van der Waals surface area contributed by atoms with Crippen LogP contribution in [0.15, 0.2) is 54.9 Å². The van der Waals surface area contributed by atoms with Crippen molar-refractivity contribution in [2.45, 2.75) is 37.7 Å². The molecule has 4 nitrogen and oxygen atoms in total. The fourth-order valence-corrected chi connectivity index (χ4v) is 3.71. The Labute approximate surface area is 145 Å². The molecule has 5 heteroatoms. The number of imidazole rings is 1. The molecule has 0 bridgehead atoms. The van der Waals surface area contributed by atoms with Crippen LogP contribution >= 0.6 is 0 Å². The van der Waals surface area contributed by atoms with E-state index < -0.39 is 5.41 Å². The number of carbonyl (C=O) groups is 1. The molecular weight excluding hydrogens is 319 g/mol. The normalized spacial score (nSPS) is 16.2. The van der Waals surface area contributed by atoms with E-state index in [1.54, 1.807) is 6.07 Å². The zero-order chi connectivity index (χ0) is 17.3. The SMILES string of the molecule is O=C(OCc1cn2ccccc2n1)C1(c2cccc(F)c2)CCCC1. The highest BCUT2D eigenvalue weighted by molar-refractivity contribution is 5.83. The third kappa shape index (κ3) is 2.90. The van der Waals surface area contributed by atoms with Gasteiger partial charge in [-0.1, -0.05) is 31.0 Å². The van der Waals surface area contributed by atoms with Crippen molar-refractivity contribution in [2.75, 3.05) is 0 Å². The van der Waals surface area contributed by atoms with Crippen molar-refractivity contribution < 1.29 is 13.9 Å². The maximum absolute atomic E-state index is 13.7. The molecular formula is C20H19FN2O2. The number of nitrogens with zero attached hydrogens (tertiary/aromatic N) is 2. The van der Waals surface area contributed by atoms with Gasteiger partial charge in [-0.15, -0.1) is 0 Å². The second kappa shape index (κ2) is 6.31. The predicted molar refractivity (Wildman–Crippen MR) is 91.5 cm³/mol. The van der Waals surface area contributed by atoms with E-state index in [9.17, 15) is 9.18 Å². The van der Waals surface area contributed by atoms with Gasteiger partial charge in [-0.05, 0) is 42.7 Å². The number of ether oxygens (including phenoxy) is 1. The summed E-state index contributed by atoms with van der Waals surface area (Å²) < 4.78 is 21.2. The minimum Gasteiger partial charge on any atom is -0.458 e. The maximum atomic E-state index is 13.7. The third-order valence-electron chi connectivity index (χ3n) is 4.99. The summed E-state index contributed by atoms with van der Waals surface area (Å²) in [5, 5.41) is 0. The van der Waals surface area contributed by atoms with Crippen molar-refractivity contribution in [1.82, 2.24) is 9.38 Å². The largest absolute Gasteiger partial charge is 0.458 e. The van der Waals surface area contributed by atoms with Crippen LogP contribution in [-0.4, -0.2) is 15.4 Å². The summed E-state index contributed by atoms with van der Waals surface area (Å²) in [5.74, 6) is -0.607. The van der Waals surface area contributed by atoms with E-state index in [4.69, 9.17) is 4.74 Å². The van der Waals surface area contributed by atoms with E-state index in [0.29, 0.717) is 24.1 Å². The smallest absolute Gasteiger partial charge is 0.316 e. The van der Waals surface area contributed by atoms with Gasteiger partial charge in [0.1, 0.15) is 18.1 Å². The van der Waals surface area contributed by atoms with Gasteiger partial charge in [0, 0.05) is 12.4 Å². The summed E-state index contributed by atoms with van der Waals surface area (Å²) in [6.07, 6.45) is 7.03. The predicted octanol–water partition coefficient (Wildman–Crippen LogP) is 4.03. The summed E-state index contributed by atoms with van der Waals surface area (Å²) in [6, 6.07) is 12.1. The lowest BCUT2D eigenvalue weighted by atomic mass is 9.79. The van der Waals surface area contributed by atoms with E-state index in [1.807, 2.05) is 41.1 Å². The second-order valence-corrected chi connectivity index (χ2v) is 6.57. The first-order valence-corrected chi connectivity index (χ1v) is 8.53. The standard InChI is InChI=1S/C20H19FN2O2/c21-16-7-5-6-15(12-16)20(9-2-3-10-20)19(24)25-14-17-13-23-11-4-1-8-18(23)22-17/h1,4-8,11-13H,2-3,9-10,14H2. The van der Waals surface area contributed by atoms with Gasteiger partial charge in [0.05, 0.1) is 11.1 Å². The van der Waals surface area contributed by atoms with Crippen LogP contribution in [0.2, 0.25) is 0 Å². The van der Waals surface area contributed by atoms with E-state index in [1.165, 1.54) is 12.1 Å². The van der Waals surface area contributed by atoms with E-state index in [-0.39, 0.29) is 18.4 Å². The van der Waals surface area contributed by atoms with Crippen molar-refractivity contribution in [1.29, 1.82) is 0 Å². The van der Waals surface area contributed by atoms with Gasteiger partial charge >= 0.3 is 5.97 Å². The zero-order valence-electron chi connectivity index (χ0n) is 13.8. The molecule has 0 aliphatic heterocycles. The Hall–Kier alpha value is -2.69. The fourth-order valence-electron chi connectivity index (χ4n) is 3.71. The number of pyridine rings is 1. The molecule has 2 heterocycles. The number of benzene rings is 1. The molecule has 2 aromatic heterocycles. The Morgan fingerprint density at radius 2 is 2.04 bits per heavy atom. The molecule has 1 aliphatic rings. The molecule has 0 spiro atoms. The molecule has 0 N–H and O–H groups in total. The Kier molecular flexibility index (Phi) is 3.99. The molecule has 1 fully saturated rings. The molecule has 0 amide bonds. The van der Waals surface area contributed by atoms with Gasteiger partial charge in [-0.3, -0.25) is 4.79 Å². The average Bonchev–Trinajstić information content (AvgIpc) is 3.27. The lowest BCUT2D eigenvalue weighted by Crippen LogP contribution is -2.34. The first-order valence-electron chi connectivity index (χ1n) is 8.53. The van der Waals surface area contributed by atoms with Crippen LogP contribution in [0.3, 0.4) is 0 Å². The summed E-state index contributed by atoms with van der Waals surface area (Å²) in [4.78, 5) is 17.3. The van der Waals surface area contributed by atoms with Gasteiger partial charge in [0.25, 0.3) is 0 Å². The Morgan fingerprint density at radius 3 is 2.80 bits per heavy atom. The molecule has 1 aliphatic carbocycles. The monoisotopic (exact) mass is 338 g/mol. The van der Waals surface area contributed by atoms with Crippen molar-refractivity contribution in [3.8, 4) is 0 Å². The fraction of sp³-hybridized carbons (Fsp3) is 0.300. The quantitative estimate of drug-likeness (QED) is 0.675. The summed E-state index contributed by atoms with van der Waals surface area (Å²) in [7, 11) is 0. The van der Waals surface area contributed by atoms with Crippen LogP contribution < -0.4 is 0 Å². The number of halogens is 1. The molecule has 3 aromatic rings. The van der Waals surface area contributed by atoms with Gasteiger partial charge in [-0.25, -0.2) is 9.37 Å². The van der Waals surface area contributed by atoms with Gasteiger partial charge in [0.2, 0.25) is 0 Å². The zero-order valence-corrected chi connectivity index (χ0v) is 13.8. The molecule has 0 radical (unpaired) electrons. The Balaban J connectivity index is 1.55. The van der Waals surface area contributed by atoms with Crippen LogP contribution in [0.1, 0.15) is 36.9 Å². The molecule has 4 rings (SSSR count). The maximum Gasteiger partial charge on any atom is 0.316 e. The minimum atomic E-state index is -0.735. The van der Waals surface area contributed by atoms with Crippen LogP contribution in [0.25, 0.3) is 5.65 Å². The lowest BCUT2D eigenvalue weighted by molar-refractivity contribution is -0.152. The lowest BCUT2D eigenvalue weighted by Gasteiger charge is -2.27. The van der Waals surface area contributed by atoms with Gasteiger partial charge < -0.3 is 9.14 Å². The average molecular weight is 338 g/mol. The number of esters is 1. The molecule has 1 saturated carbocycles.